The van der Waals surface area contributed by atoms with Gasteiger partial charge in [-0.1, -0.05) is 6.42 Å². The molecule has 2 unspecified atom stereocenters. The molecule has 1 aromatic heterocycles. The second-order valence-electron chi connectivity index (χ2n) is 4.14. The number of aldehydes is 1. The summed E-state index contributed by atoms with van der Waals surface area (Å²) in [7, 11) is 0. The molecule has 0 radical (unpaired) electrons. The fourth-order valence-corrected chi connectivity index (χ4v) is 3.24. The Hall–Kier alpha value is -0.700. The lowest BCUT2D eigenvalue weighted by molar-refractivity contribution is 0.111. The molecule has 1 aliphatic rings. The average molecular weight is 223 g/mol. The normalized spacial score (nSPS) is 26.5. The maximum absolute atomic E-state index is 10.9. The van der Waals surface area contributed by atoms with Crippen LogP contribution in [-0.2, 0) is 0 Å². The van der Waals surface area contributed by atoms with Crippen LogP contribution in [0, 0.1) is 0 Å². The Balaban J connectivity index is 2.12. The van der Waals surface area contributed by atoms with Gasteiger partial charge in [-0.05, 0) is 37.7 Å². The third-order valence-electron chi connectivity index (χ3n) is 3.26. The SMILES string of the molecule is CSC1CCCC(n2cccc2C=O)C1. The molecule has 2 rings (SSSR count). The summed E-state index contributed by atoms with van der Waals surface area (Å²) in [5.74, 6) is 0. The van der Waals surface area contributed by atoms with Crippen LogP contribution in [0.2, 0.25) is 0 Å². The van der Waals surface area contributed by atoms with Crippen LogP contribution in [0.5, 0.6) is 0 Å². The van der Waals surface area contributed by atoms with Gasteiger partial charge in [-0.3, -0.25) is 4.79 Å². The monoisotopic (exact) mass is 223 g/mol. The van der Waals surface area contributed by atoms with Crippen molar-refractivity contribution in [3.8, 4) is 0 Å². The van der Waals surface area contributed by atoms with Gasteiger partial charge in [0.1, 0.15) is 0 Å². The minimum atomic E-state index is 0.534. The van der Waals surface area contributed by atoms with E-state index in [1.54, 1.807) is 0 Å². The number of carbonyl (C=O) groups is 1. The van der Waals surface area contributed by atoms with Crippen molar-refractivity contribution in [1.29, 1.82) is 0 Å². The van der Waals surface area contributed by atoms with E-state index in [0.717, 1.165) is 17.2 Å². The summed E-state index contributed by atoms with van der Waals surface area (Å²) in [6, 6.07) is 4.40. The standard InChI is InChI=1S/C12H17NOS/c1-15-12-6-2-4-10(8-12)13-7-3-5-11(13)9-14/h3,5,7,9-10,12H,2,4,6,8H2,1H3. The van der Waals surface area contributed by atoms with Crippen molar-refractivity contribution in [1.82, 2.24) is 4.57 Å². The molecule has 0 bridgehead atoms. The zero-order valence-corrected chi connectivity index (χ0v) is 9.87. The number of hydrogen-bond acceptors (Lipinski definition) is 2. The first kappa shape index (κ1) is 10.8. The minimum Gasteiger partial charge on any atom is -0.342 e. The molecule has 0 N–H and O–H groups in total. The lowest BCUT2D eigenvalue weighted by Crippen LogP contribution is -2.21. The van der Waals surface area contributed by atoms with Crippen molar-refractivity contribution in [3.63, 3.8) is 0 Å². The molecule has 0 amide bonds. The van der Waals surface area contributed by atoms with Crippen LogP contribution in [0.1, 0.15) is 42.2 Å². The minimum absolute atomic E-state index is 0.534. The van der Waals surface area contributed by atoms with Gasteiger partial charge < -0.3 is 4.57 Å². The Kier molecular flexibility index (Phi) is 3.52. The lowest BCUT2D eigenvalue weighted by atomic mass is 9.94. The van der Waals surface area contributed by atoms with Gasteiger partial charge in [-0.2, -0.15) is 11.8 Å². The van der Waals surface area contributed by atoms with E-state index < -0.39 is 0 Å². The summed E-state index contributed by atoms with van der Waals surface area (Å²) >= 11 is 1.96. The van der Waals surface area contributed by atoms with Crippen LogP contribution in [0.25, 0.3) is 0 Å². The molecule has 0 aromatic carbocycles. The van der Waals surface area contributed by atoms with E-state index >= 15 is 0 Å². The van der Waals surface area contributed by atoms with Crippen molar-refractivity contribution in [3.05, 3.63) is 24.0 Å². The van der Waals surface area contributed by atoms with Crippen molar-refractivity contribution in [2.45, 2.75) is 37.0 Å². The Morgan fingerprint density at radius 1 is 1.53 bits per heavy atom. The molecule has 2 nitrogen and oxygen atoms in total. The quantitative estimate of drug-likeness (QED) is 0.734. The highest BCUT2D eigenvalue weighted by atomic mass is 32.2. The smallest absolute Gasteiger partial charge is 0.166 e. The summed E-state index contributed by atoms with van der Waals surface area (Å²) in [5.41, 5.74) is 0.821. The predicted molar refractivity (Wildman–Crippen MR) is 64.6 cm³/mol. The molecule has 1 aliphatic carbocycles. The molecule has 2 atom stereocenters. The van der Waals surface area contributed by atoms with E-state index in [0.29, 0.717) is 6.04 Å². The highest BCUT2D eigenvalue weighted by Gasteiger charge is 2.23. The molecule has 15 heavy (non-hydrogen) atoms. The number of thioether (sulfide) groups is 1. The van der Waals surface area contributed by atoms with E-state index in [1.165, 1.54) is 25.7 Å². The van der Waals surface area contributed by atoms with Gasteiger partial charge in [-0.25, -0.2) is 0 Å². The highest BCUT2D eigenvalue weighted by Crippen LogP contribution is 2.34. The number of nitrogens with zero attached hydrogens (tertiary/aromatic N) is 1. The highest BCUT2D eigenvalue weighted by molar-refractivity contribution is 7.99. The second kappa shape index (κ2) is 4.88. The van der Waals surface area contributed by atoms with Gasteiger partial charge in [0.15, 0.2) is 6.29 Å². The van der Waals surface area contributed by atoms with Crippen LogP contribution in [0.15, 0.2) is 18.3 Å². The van der Waals surface area contributed by atoms with Gasteiger partial charge in [0.2, 0.25) is 0 Å². The number of carbonyl (C=O) groups excluding carboxylic acids is 1. The lowest BCUT2D eigenvalue weighted by Gasteiger charge is -2.29. The second-order valence-corrected chi connectivity index (χ2v) is 5.27. The zero-order valence-electron chi connectivity index (χ0n) is 9.06. The topological polar surface area (TPSA) is 22.0 Å². The van der Waals surface area contributed by atoms with Crippen molar-refractivity contribution in [2.75, 3.05) is 6.26 Å². The van der Waals surface area contributed by atoms with E-state index in [9.17, 15) is 4.79 Å². The van der Waals surface area contributed by atoms with E-state index in [4.69, 9.17) is 0 Å². The molecule has 82 valence electrons. The molecule has 0 aliphatic heterocycles. The Bertz CT molecular complexity index is 334. The number of aromatic nitrogens is 1. The van der Waals surface area contributed by atoms with E-state index in [-0.39, 0.29) is 0 Å². The van der Waals surface area contributed by atoms with Crippen LogP contribution < -0.4 is 0 Å². The maximum atomic E-state index is 10.9. The fourth-order valence-electron chi connectivity index (χ4n) is 2.43. The molecule has 1 aromatic rings. The number of rotatable bonds is 3. The maximum Gasteiger partial charge on any atom is 0.166 e. The summed E-state index contributed by atoms with van der Waals surface area (Å²) < 4.78 is 2.15. The summed E-state index contributed by atoms with van der Waals surface area (Å²) in [5, 5.41) is 0.769. The van der Waals surface area contributed by atoms with Crippen molar-refractivity contribution < 1.29 is 4.79 Å². The number of hydrogen-bond donors (Lipinski definition) is 0. The van der Waals surface area contributed by atoms with Crippen LogP contribution >= 0.6 is 11.8 Å². The Labute approximate surface area is 95.0 Å². The van der Waals surface area contributed by atoms with Crippen LogP contribution in [-0.4, -0.2) is 22.4 Å². The van der Waals surface area contributed by atoms with Crippen LogP contribution in [0.3, 0.4) is 0 Å². The van der Waals surface area contributed by atoms with E-state index in [2.05, 4.69) is 10.8 Å². The molecule has 1 fully saturated rings. The van der Waals surface area contributed by atoms with Gasteiger partial charge in [0.05, 0.1) is 5.69 Å². The average Bonchev–Trinajstić information content (AvgIpc) is 2.77. The molecule has 1 saturated carbocycles. The first-order chi connectivity index (χ1) is 7.35. The molecular formula is C12H17NOS. The fraction of sp³-hybridized carbons (Fsp3) is 0.583. The molecule has 0 saturated heterocycles. The first-order valence-electron chi connectivity index (χ1n) is 5.50. The molecule has 1 heterocycles. The zero-order chi connectivity index (χ0) is 10.7. The third-order valence-corrected chi connectivity index (χ3v) is 4.35. The van der Waals surface area contributed by atoms with E-state index in [1.807, 2.05) is 30.1 Å². The Morgan fingerprint density at radius 2 is 2.40 bits per heavy atom. The summed E-state index contributed by atoms with van der Waals surface area (Å²) in [4.78, 5) is 10.9. The van der Waals surface area contributed by atoms with Crippen LogP contribution in [0.4, 0.5) is 0 Å². The van der Waals surface area contributed by atoms with Gasteiger partial charge >= 0.3 is 0 Å². The van der Waals surface area contributed by atoms with Gasteiger partial charge in [0.25, 0.3) is 0 Å². The third kappa shape index (κ3) is 2.28. The molecule has 0 spiro atoms. The molecular weight excluding hydrogens is 206 g/mol. The summed E-state index contributed by atoms with van der Waals surface area (Å²) in [6.07, 6.45) is 10.2. The first-order valence-corrected chi connectivity index (χ1v) is 6.78. The van der Waals surface area contributed by atoms with Gasteiger partial charge in [-0.15, -0.1) is 0 Å². The van der Waals surface area contributed by atoms with Crippen molar-refractivity contribution in [2.24, 2.45) is 0 Å². The summed E-state index contributed by atoms with van der Waals surface area (Å²) in [6.45, 7) is 0. The largest absolute Gasteiger partial charge is 0.342 e. The Morgan fingerprint density at radius 3 is 3.13 bits per heavy atom. The molecule has 3 heteroatoms. The predicted octanol–water partition coefficient (Wildman–Crippen LogP) is 3.15. The van der Waals surface area contributed by atoms with Gasteiger partial charge in [0, 0.05) is 17.5 Å². The van der Waals surface area contributed by atoms with Crippen molar-refractivity contribution >= 4 is 18.0 Å².